The Labute approximate surface area is 331 Å². The quantitative estimate of drug-likeness (QED) is 0.176. The number of rotatable bonds is 5. The maximum absolute atomic E-state index is 6.87. The van der Waals surface area contributed by atoms with Gasteiger partial charge in [0.15, 0.2) is 23.1 Å². The number of hydrogen-bond acceptors (Lipinski definition) is 5. The first-order valence-corrected chi connectivity index (χ1v) is 20.1. The van der Waals surface area contributed by atoms with Crippen LogP contribution >= 0.6 is 11.3 Å². The molecule has 268 valence electrons. The molecule has 6 heteroatoms. The summed E-state index contributed by atoms with van der Waals surface area (Å²) < 4.78 is 10.6. The van der Waals surface area contributed by atoms with Crippen LogP contribution < -0.4 is 0 Å². The lowest BCUT2D eigenvalue weighted by atomic mass is 9.97. The summed E-state index contributed by atoms with van der Waals surface area (Å²) >= 11 is 1.90. The highest BCUT2D eigenvalue weighted by atomic mass is 32.1. The molecule has 1 aliphatic carbocycles. The molecule has 4 heterocycles. The molecule has 0 aliphatic heterocycles. The highest BCUT2D eigenvalue weighted by molar-refractivity contribution is 7.20. The summed E-state index contributed by atoms with van der Waals surface area (Å²) in [4.78, 5) is 16.5. The third-order valence-corrected chi connectivity index (χ3v) is 12.5. The lowest BCUT2D eigenvalue weighted by molar-refractivity contribution is 0.666. The molecule has 0 radical (unpaired) electrons. The number of aromatic nitrogens is 4. The maximum atomic E-state index is 6.87. The molecule has 0 amide bonds. The van der Waals surface area contributed by atoms with Crippen molar-refractivity contribution in [2.75, 3.05) is 0 Å². The SMILES string of the molecule is C1=Cc2sc3ccc(-c4ccc5c(c4)c4ccccc4n5-c4cccc5c4oc4cccc(-c6nc(-c7ccccc7)nc(-c7ccccc7)n6)c45)cc3c2CC1. The summed E-state index contributed by atoms with van der Waals surface area (Å²) in [6.07, 6.45) is 6.81. The molecule has 5 nitrogen and oxygen atoms in total. The third-order valence-electron chi connectivity index (χ3n) is 11.3. The van der Waals surface area contributed by atoms with E-state index in [4.69, 9.17) is 19.4 Å². The van der Waals surface area contributed by atoms with Crippen LogP contribution in [0.1, 0.15) is 16.9 Å². The molecular weight excluding hydrogens is 717 g/mol. The molecule has 0 unspecified atom stereocenters. The predicted octanol–water partition coefficient (Wildman–Crippen LogP) is 13.7. The van der Waals surface area contributed by atoms with E-state index in [-0.39, 0.29) is 0 Å². The van der Waals surface area contributed by atoms with Crippen LogP contribution in [0.5, 0.6) is 0 Å². The second kappa shape index (κ2) is 12.7. The number of thiophene rings is 1. The summed E-state index contributed by atoms with van der Waals surface area (Å²) in [7, 11) is 0. The first-order chi connectivity index (χ1) is 28.2. The minimum absolute atomic E-state index is 0.600. The van der Waals surface area contributed by atoms with Crippen molar-refractivity contribution in [2.24, 2.45) is 0 Å². The molecule has 11 aromatic rings. The van der Waals surface area contributed by atoms with E-state index in [1.54, 1.807) is 0 Å². The molecule has 7 aromatic carbocycles. The van der Waals surface area contributed by atoms with E-state index < -0.39 is 0 Å². The van der Waals surface area contributed by atoms with Crippen LogP contribution in [-0.4, -0.2) is 19.5 Å². The van der Waals surface area contributed by atoms with Crippen LogP contribution in [0.2, 0.25) is 0 Å². The van der Waals surface area contributed by atoms with Crippen molar-refractivity contribution in [3.8, 4) is 51.0 Å². The van der Waals surface area contributed by atoms with Crippen LogP contribution in [0, 0.1) is 0 Å². The summed E-state index contributed by atoms with van der Waals surface area (Å²) in [5, 5.41) is 5.78. The first kappa shape index (κ1) is 32.1. The average molecular weight is 749 g/mol. The van der Waals surface area contributed by atoms with E-state index in [0.29, 0.717) is 17.5 Å². The fraction of sp³-hybridized carbons (Fsp3) is 0.0392. The molecule has 0 fully saturated rings. The standard InChI is InChI=1S/C51H32N4OS/c1-3-13-31(14-4-1)49-52-50(32-15-5-2-6-16-32)54-51(53-49)38-20-12-23-44-47(38)37-19-11-22-43(48(37)56-44)55-41-21-9-7-17-35(41)39-29-33(25-27-42(39)55)34-26-28-46-40(30-34)36-18-8-10-24-45(36)57-46/h1-7,9-17,19-30H,8,18H2. The van der Waals surface area contributed by atoms with Gasteiger partial charge in [0.1, 0.15) is 5.58 Å². The van der Waals surface area contributed by atoms with Gasteiger partial charge in [0.05, 0.1) is 16.7 Å². The van der Waals surface area contributed by atoms with Gasteiger partial charge in [-0.05, 0) is 83.5 Å². The van der Waals surface area contributed by atoms with Gasteiger partial charge < -0.3 is 8.98 Å². The van der Waals surface area contributed by atoms with E-state index in [1.165, 1.54) is 42.4 Å². The lowest BCUT2D eigenvalue weighted by Gasteiger charge is -2.10. The van der Waals surface area contributed by atoms with Crippen LogP contribution in [-0.2, 0) is 6.42 Å². The Morgan fingerprint density at radius 2 is 1.19 bits per heavy atom. The number of furan rings is 1. The topological polar surface area (TPSA) is 56.7 Å². The monoisotopic (exact) mass is 748 g/mol. The van der Waals surface area contributed by atoms with Gasteiger partial charge in [0.2, 0.25) is 0 Å². The van der Waals surface area contributed by atoms with E-state index >= 15 is 0 Å². The Morgan fingerprint density at radius 1 is 0.526 bits per heavy atom. The fourth-order valence-corrected chi connectivity index (χ4v) is 9.86. The number of hydrogen-bond donors (Lipinski definition) is 0. The number of benzene rings is 7. The zero-order valence-corrected chi connectivity index (χ0v) is 31.5. The largest absolute Gasteiger partial charge is 0.454 e. The number of aryl methyl sites for hydroxylation is 1. The van der Waals surface area contributed by atoms with Crippen LogP contribution in [0.4, 0.5) is 0 Å². The Hall–Kier alpha value is -7.15. The van der Waals surface area contributed by atoms with Crippen LogP contribution in [0.15, 0.2) is 168 Å². The van der Waals surface area contributed by atoms with E-state index in [1.807, 2.05) is 84.1 Å². The summed E-state index contributed by atoms with van der Waals surface area (Å²) in [5.41, 5.74) is 11.5. The fourth-order valence-electron chi connectivity index (χ4n) is 8.69. The van der Waals surface area contributed by atoms with Crippen LogP contribution in [0.3, 0.4) is 0 Å². The van der Waals surface area contributed by atoms with Crippen molar-refractivity contribution in [3.05, 3.63) is 174 Å². The van der Waals surface area contributed by atoms with Gasteiger partial charge in [0, 0.05) is 47.8 Å². The molecular formula is C51H32N4OS. The van der Waals surface area contributed by atoms with Crippen molar-refractivity contribution in [2.45, 2.75) is 12.8 Å². The zero-order chi connectivity index (χ0) is 37.5. The molecule has 12 rings (SSSR count). The molecule has 4 aromatic heterocycles. The molecule has 0 N–H and O–H groups in total. The van der Waals surface area contributed by atoms with E-state index in [0.717, 1.165) is 68.2 Å². The highest BCUT2D eigenvalue weighted by Gasteiger charge is 2.22. The van der Waals surface area contributed by atoms with Gasteiger partial charge in [-0.15, -0.1) is 11.3 Å². The Kier molecular flexibility index (Phi) is 7.16. The second-order valence-electron chi connectivity index (χ2n) is 14.7. The molecule has 1 aliphatic rings. The molecule has 0 saturated carbocycles. The third kappa shape index (κ3) is 5.11. The Morgan fingerprint density at radius 3 is 2.00 bits per heavy atom. The molecule has 0 bridgehead atoms. The van der Waals surface area contributed by atoms with E-state index in [2.05, 4.69) is 102 Å². The molecule has 0 atom stereocenters. The molecule has 0 spiro atoms. The number of nitrogens with zero attached hydrogens (tertiary/aromatic N) is 4. The Balaban J connectivity index is 1.04. The van der Waals surface area contributed by atoms with Gasteiger partial charge in [-0.2, -0.15) is 0 Å². The smallest absolute Gasteiger partial charge is 0.164 e. The summed E-state index contributed by atoms with van der Waals surface area (Å²) in [6, 6.07) is 55.3. The van der Waals surface area contributed by atoms with E-state index in [9.17, 15) is 0 Å². The van der Waals surface area contributed by atoms with Crippen molar-refractivity contribution < 1.29 is 4.42 Å². The van der Waals surface area contributed by atoms with Crippen molar-refractivity contribution in [1.29, 1.82) is 0 Å². The predicted molar refractivity (Wildman–Crippen MR) is 236 cm³/mol. The average Bonchev–Trinajstić information content (AvgIpc) is 3.96. The summed E-state index contributed by atoms with van der Waals surface area (Å²) in [5.74, 6) is 1.85. The lowest BCUT2D eigenvalue weighted by Crippen LogP contribution is -2.00. The zero-order valence-electron chi connectivity index (χ0n) is 30.7. The van der Waals surface area contributed by atoms with Gasteiger partial charge in [-0.25, -0.2) is 15.0 Å². The number of fused-ring (bicyclic) bond motifs is 9. The molecule has 0 saturated heterocycles. The second-order valence-corrected chi connectivity index (χ2v) is 15.7. The van der Waals surface area contributed by atoms with Gasteiger partial charge in [0.25, 0.3) is 0 Å². The van der Waals surface area contributed by atoms with Gasteiger partial charge in [-0.1, -0.05) is 121 Å². The number of para-hydroxylation sites is 2. The van der Waals surface area contributed by atoms with Crippen molar-refractivity contribution in [1.82, 2.24) is 19.5 Å². The van der Waals surface area contributed by atoms with Crippen molar-refractivity contribution >= 4 is 71.2 Å². The highest BCUT2D eigenvalue weighted by Crippen LogP contribution is 2.43. The molecule has 57 heavy (non-hydrogen) atoms. The van der Waals surface area contributed by atoms with Gasteiger partial charge in [-0.3, -0.25) is 0 Å². The first-order valence-electron chi connectivity index (χ1n) is 19.3. The normalized spacial score (nSPS) is 12.7. The number of allylic oxidation sites excluding steroid dienone is 1. The van der Waals surface area contributed by atoms with Gasteiger partial charge >= 0.3 is 0 Å². The minimum Gasteiger partial charge on any atom is -0.454 e. The minimum atomic E-state index is 0.600. The maximum Gasteiger partial charge on any atom is 0.164 e. The van der Waals surface area contributed by atoms with Crippen LogP contribution in [0.25, 0.3) is 111 Å². The Bertz CT molecular complexity index is 3350. The summed E-state index contributed by atoms with van der Waals surface area (Å²) in [6.45, 7) is 0. The van der Waals surface area contributed by atoms with Crippen molar-refractivity contribution in [3.63, 3.8) is 0 Å².